The van der Waals surface area contributed by atoms with Crippen LogP contribution in [0.2, 0.25) is 0 Å². The van der Waals surface area contributed by atoms with Gasteiger partial charge in [-0.25, -0.2) is 0 Å². The van der Waals surface area contributed by atoms with Crippen molar-refractivity contribution in [1.29, 1.82) is 0 Å². The van der Waals surface area contributed by atoms with Gasteiger partial charge in [0.25, 0.3) is 0 Å². The van der Waals surface area contributed by atoms with Crippen LogP contribution >= 0.6 is 0 Å². The number of carbonyl (C=O) groups excluding carboxylic acids is 1. The summed E-state index contributed by atoms with van der Waals surface area (Å²) in [7, 11) is 2.18. The molecular formula is C24H28N2O2. The molecule has 1 unspecified atom stereocenters. The van der Waals surface area contributed by atoms with Gasteiger partial charge in [-0.15, -0.1) is 0 Å². The number of hydrogen-bond acceptors (Lipinski definition) is 3. The number of carbonyl (C=O) groups is 1. The quantitative estimate of drug-likeness (QED) is 0.803. The van der Waals surface area contributed by atoms with Gasteiger partial charge in [0.05, 0.1) is 25.1 Å². The molecule has 5 rings (SSSR count). The van der Waals surface area contributed by atoms with Gasteiger partial charge < -0.3 is 9.64 Å². The van der Waals surface area contributed by atoms with Gasteiger partial charge in [-0.2, -0.15) is 0 Å². The zero-order valence-electron chi connectivity index (χ0n) is 16.5. The third kappa shape index (κ3) is 3.05. The first-order chi connectivity index (χ1) is 13.6. The molecule has 0 bridgehead atoms. The van der Waals surface area contributed by atoms with E-state index >= 15 is 0 Å². The van der Waals surface area contributed by atoms with Crippen molar-refractivity contribution in [2.45, 2.75) is 42.9 Å². The Morgan fingerprint density at radius 1 is 1.07 bits per heavy atom. The monoisotopic (exact) mass is 376 g/mol. The summed E-state index contributed by atoms with van der Waals surface area (Å²) in [5.41, 5.74) is 2.12. The fourth-order valence-corrected chi connectivity index (χ4v) is 4.93. The molecule has 2 saturated heterocycles. The van der Waals surface area contributed by atoms with Crippen LogP contribution in [0.15, 0.2) is 60.7 Å². The standard InChI is InChI=1S/C24H28N2O2/c1-25(15-19-8-4-2-5-9-19)21-14-23(28-16-21)17-26(18-23)22(27)24(12-13-24)20-10-6-3-7-11-20/h2-11,21H,12-18H2,1H3. The van der Waals surface area contributed by atoms with Crippen LogP contribution in [0.5, 0.6) is 0 Å². The SMILES string of the molecule is CN(Cc1ccccc1)C1COC2(C1)CN(C(=O)C1(c3ccccc3)CC1)C2. The van der Waals surface area contributed by atoms with E-state index in [9.17, 15) is 4.79 Å². The highest BCUT2D eigenvalue weighted by Crippen LogP contribution is 2.51. The summed E-state index contributed by atoms with van der Waals surface area (Å²) in [5.74, 6) is 0.300. The zero-order valence-corrected chi connectivity index (χ0v) is 16.5. The van der Waals surface area contributed by atoms with Crippen molar-refractivity contribution in [3.8, 4) is 0 Å². The molecule has 1 spiro atoms. The van der Waals surface area contributed by atoms with Crippen LogP contribution in [0.4, 0.5) is 0 Å². The fraction of sp³-hybridized carbons (Fsp3) is 0.458. The van der Waals surface area contributed by atoms with Gasteiger partial charge in [0.15, 0.2) is 0 Å². The summed E-state index contributed by atoms with van der Waals surface area (Å²) in [4.78, 5) is 17.6. The highest BCUT2D eigenvalue weighted by Gasteiger charge is 2.59. The first kappa shape index (κ1) is 17.9. The van der Waals surface area contributed by atoms with Gasteiger partial charge in [0, 0.05) is 12.6 Å². The minimum absolute atomic E-state index is 0.127. The van der Waals surface area contributed by atoms with Gasteiger partial charge in [0.1, 0.15) is 5.60 Å². The predicted molar refractivity (Wildman–Crippen MR) is 109 cm³/mol. The van der Waals surface area contributed by atoms with E-state index in [-0.39, 0.29) is 11.0 Å². The van der Waals surface area contributed by atoms with Crippen LogP contribution in [0.25, 0.3) is 0 Å². The van der Waals surface area contributed by atoms with Crippen molar-refractivity contribution < 1.29 is 9.53 Å². The Morgan fingerprint density at radius 2 is 1.71 bits per heavy atom. The van der Waals surface area contributed by atoms with E-state index in [4.69, 9.17) is 4.74 Å². The van der Waals surface area contributed by atoms with E-state index < -0.39 is 0 Å². The van der Waals surface area contributed by atoms with E-state index in [0.29, 0.717) is 11.9 Å². The molecule has 3 fully saturated rings. The van der Waals surface area contributed by atoms with E-state index in [1.165, 1.54) is 11.1 Å². The number of ether oxygens (including phenoxy) is 1. The van der Waals surface area contributed by atoms with E-state index in [1.807, 2.05) is 23.1 Å². The maximum Gasteiger partial charge on any atom is 0.233 e. The molecule has 2 aromatic carbocycles. The van der Waals surface area contributed by atoms with Crippen LogP contribution in [0.3, 0.4) is 0 Å². The summed E-state index contributed by atoms with van der Waals surface area (Å²) < 4.78 is 6.23. The van der Waals surface area contributed by atoms with Crippen LogP contribution in [-0.2, 0) is 21.5 Å². The van der Waals surface area contributed by atoms with Crippen LogP contribution in [0.1, 0.15) is 30.4 Å². The van der Waals surface area contributed by atoms with E-state index in [0.717, 1.165) is 45.5 Å². The average Bonchev–Trinajstić information content (AvgIpc) is 3.39. The minimum Gasteiger partial charge on any atom is -0.370 e. The number of nitrogens with zero attached hydrogens (tertiary/aromatic N) is 2. The first-order valence-electron chi connectivity index (χ1n) is 10.3. The lowest BCUT2D eigenvalue weighted by Gasteiger charge is -2.48. The van der Waals surface area contributed by atoms with Crippen molar-refractivity contribution in [2.24, 2.45) is 0 Å². The van der Waals surface area contributed by atoms with Gasteiger partial charge in [-0.1, -0.05) is 60.7 Å². The van der Waals surface area contributed by atoms with Crippen LogP contribution in [-0.4, -0.2) is 54.1 Å². The predicted octanol–water partition coefficient (Wildman–Crippen LogP) is 3.22. The Morgan fingerprint density at radius 3 is 2.36 bits per heavy atom. The van der Waals surface area contributed by atoms with Crippen molar-refractivity contribution >= 4 is 5.91 Å². The molecule has 2 heterocycles. The van der Waals surface area contributed by atoms with Gasteiger partial charge in [-0.3, -0.25) is 9.69 Å². The Labute approximate surface area is 167 Å². The fourth-order valence-electron chi connectivity index (χ4n) is 4.93. The van der Waals surface area contributed by atoms with Crippen LogP contribution in [0, 0.1) is 0 Å². The summed E-state index contributed by atoms with van der Waals surface area (Å²) in [6, 6.07) is 21.3. The van der Waals surface area contributed by atoms with Crippen molar-refractivity contribution in [3.05, 3.63) is 71.8 Å². The highest BCUT2D eigenvalue weighted by molar-refractivity contribution is 5.92. The number of likely N-dealkylation sites (tertiary alicyclic amines) is 1. The molecule has 2 aliphatic heterocycles. The second kappa shape index (κ2) is 6.71. The third-order valence-corrected chi connectivity index (χ3v) is 6.82. The topological polar surface area (TPSA) is 32.8 Å². The number of hydrogen-bond donors (Lipinski definition) is 0. The lowest BCUT2D eigenvalue weighted by atomic mass is 9.85. The first-order valence-corrected chi connectivity index (χ1v) is 10.3. The smallest absolute Gasteiger partial charge is 0.233 e. The maximum absolute atomic E-state index is 13.2. The molecule has 2 aromatic rings. The Bertz CT molecular complexity index is 841. The summed E-state index contributed by atoms with van der Waals surface area (Å²) in [6.45, 7) is 3.19. The summed E-state index contributed by atoms with van der Waals surface area (Å²) in [6.07, 6.45) is 2.96. The minimum atomic E-state index is -0.259. The van der Waals surface area contributed by atoms with Crippen molar-refractivity contribution in [1.82, 2.24) is 9.80 Å². The van der Waals surface area contributed by atoms with E-state index in [1.54, 1.807) is 0 Å². The number of likely N-dealkylation sites (N-methyl/N-ethyl adjacent to an activating group) is 1. The molecule has 0 radical (unpaired) electrons. The number of rotatable bonds is 5. The number of amides is 1. The molecule has 4 nitrogen and oxygen atoms in total. The normalized spacial score (nSPS) is 24.4. The molecule has 1 atom stereocenters. The lowest BCUT2D eigenvalue weighted by Crippen LogP contribution is -2.65. The third-order valence-electron chi connectivity index (χ3n) is 6.82. The molecule has 3 aliphatic rings. The molecule has 1 amide bonds. The Balaban J connectivity index is 1.18. The molecule has 1 saturated carbocycles. The number of benzene rings is 2. The van der Waals surface area contributed by atoms with Crippen LogP contribution < -0.4 is 0 Å². The molecule has 146 valence electrons. The zero-order chi connectivity index (χ0) is 19.2. The second-order valence-electron chi connectivity index (χ2n) is 8.86. The second-order valence-corrected chi connectivity index (χ2v) is 8.86. The molecule has 1 aliphatic carbocycles. The summed E-state index contributed by atoms with van der Waals surface area (Å²) >= 11 is 0. The molecular weight excluding hydrogens is 348 g/mol. The summed E-state index contributed by atoms with van der Waals surface area (Å²) in [5, 5.41) is 0. The lowest BCUT2D eigenvalue weighted by molar-refractivity contribution is -0.160. The largest absolute Gasteiger partial charge is 0.370 e. The van der Waals surface area contributed by atoms with Crippen molar-refractivity contribution in [3.63, 3.8) is 0 Å². The Hall–Kier alpha value is -2.17. The highest BCUT2D eigenvalue weighted by atomic mass is 16.5. The molecule has 28 heavy (non-hydrogen) atoms. The maximum atomic E-state index is 13.2. The average molecular weight is 377 g/mol. The van der Waals surface area contributed by atoms with Gasteiger partial charge >= 0.3 is 0 Å². The Kier molecular flexibility index (Phi) is 4.29. The van der Waals surface area contributed by atoms with Gasteiger partial charge in [0.2, 0.25) is 5.91 Å². The van der Waals surface area contributed by atoms with Gasteiger partial charge in [-0.05, 0) is 37.4 Å². The van der Waals surface area contributed by atoms with Crippen molar-refractivity contribution in [2.75, 3.05) is 26.7 Å². The molecule has 0 aromatic heterocycles. The van der Waals surface area contributed by atoms with E-state index in [2.05, 4.69) is 54.4 Å². The molecule has 4 heteroatoms. The molecule has 0 N–H and O–H groups in total.